The minimum Gasteiger partial charge on any atom is -0.325 e. The van der Waals surface area contributed by atoms with E-state index >= 15 is 0 Å². The molecule has 1 unspecified atom stereocenters. The topological polar surface area (TPSA) is 55.0 Å². The summed E-state index contributed by atoms with van der Waals surface area (Å²) in [6.45, 7) is 6.09. The molecule has 1 fully saturated rings. The standard InChI is InChI=1S/C10H16N4/c1-7-10(13-4-3-12-7)8(2)14-5-9(11)6-14/h3-4,8-9H,5-6,11H2,1-2H3. The Morgan fingerprint density at radius 2 is 2.07 bits per heavy atom. The molecule has 4 nitrogen and oxygen atoms in total. The van der Waals surface area contributed by atoms with Crippen molar-refractivity contribution in [3.63, 3.8) is 0 Å². The zero-order chi connectivity index (χ0) is 10.1. The highest BCUT2D eigenvalue weighted by Gasteiger charge is 2.29. The van der Waals surface area contributed by atoms with Gasteiger partial charge in [0.25, 0.3) is 0 Å². The van der Waals surface area contributed by atoms with Crippen molar-refractivity contribution in [1.82, 2.24) is 14.9 Å². The van der Waals surface area contributed by atoms with E-state index in [0.29, 0.717) is 12.1 Å². The Kier molecular flexibility index (Phi) is 2.48. The van der Waals surface area contributed by atoms with Crippen LogP contribution in [-0.2, 0) is 0 Å². The molecular formula is C10H16N4. The van der Waals surface area contributed by atoms with Gasteiger partial charge in [0.2, 0.25) is 0 Å². The summed E-state index contributed by atoms with van der Waals surface area (Å²) in [7, 11) is 0. The molecule has 0 saturated carbocycles. The van der Waals surface area contributed by atoms with Gasteiger partial charge in [0.05, 0.1) is 17.4 Å². The maximum atomic E-state index is 5.75. The van der Waals surface area contributed by atoms with E-state index in [9.17, 15) is 0 Å². The highest BCUT2D eigenvalue weighted by Crippen LogP contribution is 2.24. The van der Waals surface area contributed by atoms with Crippen LogP contribution in [0.3, 0.4) is 0 Å². The third-order valence-electron chi connectivity index (χ3n) is 2.80. The van der Waals surface area contributed by atoms with Crippen LogP contribution in [0.1, 0.15) is 24.4 Å². The molecule has 0 spiro atoms. The Morgan fingerprint density at radius 1 is 1.43 bits per heavy atom. The van der Waals surface area contributed by atoms with E-state index in [-0.39, 0.29) is 0 Å². The van der Waals surface area contributed by atoms with Gasteiger partial charge >= 0.3 is 0 Å². The number of rotatable bonds is 2. The van der Waals surface area contributed by atoms with Crippen molar-refractivity contribution in [2.24, 2.45) is 5.73 Å². The van der Waals surface area contributed by atoms with Crippen LogP contribution in [0.15, 0.2) is 12.4 Å². The van der Waals surface area contributed by atoms with Crippen molar-refractivity contribution < 1.29 is 0 Å². The molecule has 1 aliphatic rings. The van der Waals surface area contributed by atoms with Gasteiger partial charge in [-0.15, -0.1) is 0 Å². The Labute approximate surface area is 84.2 Å². The van der Waals surface area contributed by atoms with E-state index in [4.69, 9.17) is 5.73 Å². The summed E-state index contributed by atoms with van der Waals surface area (Å²) in [4.78, 5) is 10.9. The molecule has 14 heavy (non-hydrogen) atoms. The molecule has 1 aliphatic heterocycles. The summed E-state index contributed by atoms with van der Waals surface area (Å²) in [6, 6.07) is 0.679. The number of nitrogens with zero attached hydrogens (tertiary/aromatic N) is 3. The van der Waals surface area contributed by atoms with Crippen molar-refractivity contribution in [1.29, 1.82) is 0 Å². The number of aromatic nitrogens is 2. The van der Waals surface area contributed by atoms with Crippen molar-refractivity contribution >= 4 is 0 Å². The highest BCUT2D eigenvalue weighted by molar-refractivity contribution is 5.13. The van der Waals surface area contributed by atoms with Gasteiger partial charge < -0.3 is 5.73 Å². The Bertz CT molecular complexity index is 320. The fourth-order valence-corrected chi connectivity index (χ4v) is 1.87. The lowest BCUT2D eigenvalue weighted by Crippen LogP contribution is -2.56. The van der Waals surface area contributed by atoms with Crippen molar-refractivity contribution in [2.45, 2.75) is 25.9 Å². The molecule has 1 atom stereocenters. The maximum Gasteiger partial charge on any atom is 0.0784 e. The van der Waals surface area contributed by atoms with E-state index in [0.717, 1.165) is 24.5 Å². The van der Waals surface area contributed by atoms with Crippen LogP contribution in [0, 0.1) is 6.92 Å². The first-order valence-electron chi connectivity index (χ1n) is 4.95. The number of hydrogen-bond donors (Lipinski definition) is 1. The van der Waals surface area contributed by atoms with Crippen LogP contribution >= 0.6 is 0 Å². The number of aryl methyl sites for hydroxylation is 1. The summed E-state index contributed by atoms with van der Waals surface area (Å²) >= 11 is 0. The van der Waals surface area contributed by atoms with E-state index in [2.05, 4.69) is 21.8 Å². The van der Waals surface area contributed by atoms with Crippen LogP contribution in [0.5, 0.6) is 0 Å². The summed E-state index contributed by atoms with van der Waals surface area (Å²) in [6.07, 6.45) is 3.48. The Morgan fingerprint density at radius 3 is 2.64 bits per heavy atom. The van der Waals surface area contributed by atoms with Crippen LogP contribution < -0.4 is 5.73 Å². The summed E-state index contributed by atoms with van der Waals surface area (Å²) in [5.41, 5.74) is 7.83. The van der Waals surface area contributed by atoms with Crippen molar-refractivity contribution in [3.8, 4) is 0 Å². The maximum absolute atomic E-state index is 5.75. The highest BCUT2D eigenvalue weighted by atomic mass is 15.2. The van der Waals surface area contributed by atoms with Crippen LogP contribution in [0.25, 0.3) is 0 Å². The van der Waals surface area contributed by atoms with Gasteiger partial charge in [0, 0.05) is 31.5 Å². The monoisotopic (exact) mass is 192 g/mol. The molecule has 0 aliphatic carbocycles. The minimum absolute atomic E-state index is 0.337. The molecule has 0 bridgehead atoms. The average Bonchev–Trinajstić information content (AvgIpc) is 2.13. The summed E-state index contributed by atoms with van der Waals surface area (Å²) in [5.74, 6) is 0. The molecular weight excluding hydrogens is 176 g/mol. The van der Waals surface area contributed by atoms with E-state index in [1.165, 1.54) is 0 Å². The quantitative estimate of drug-likeness (QED) is 0.741. The lowest BCUT2D eigenvalue weighted by molar-refractivity contribution is 0.100. The third-order valence-corrected chi connectivity index (χ3v) is 2.80. The van der Waals surface area contributed by atoms with Gasteiger partial charge in [-0.2, -0.15) is 0 Å². The molecule has 1 saturated heterocycles. The Balaban J connectivity index is 2.11. The SMILES string of the molecule is Cc1nccnc1C(C)N1CC(N)C1. The smallest absolute Gasteiger partial charge is 0.0784 e. The fraction of sp³-hybridized carbons (Fsp3) is 0.600. The molecule has 0 amide bonds. The first kappa shape index (κ1) is 9.55. The van der Waals surface area contributed by atoms with Gasteiger partial charge in [-0.25, -0.2) is 0 Å². The number of likely N-dealkylation sites (tertiary alicyclic amines) is 1. The molecule has 2 rings (SSSR count). The predicted molar refractivity (Wildman–Crippen MR) is 54.7 cm³/mol. The normalized spacial score (nSPS) is 20.5. The van der Waals surface area contributed by atoms with E-state index in [1.807, 2.05) is 6.92 Å². The van der Waals surface area contributed by atoms with Crippen molar-refractivity contribution in [3.05, 3.63) is 23.8 Å². The molecule has 1 aromatic rings. The van der Waals surface area contributed by atoms with Gasteiger partial charge in [-0.1, -0.05) is 0 Å². The van der Waals surface area contributed by atoms with Gasteiger partial charge in [0.1, 0.15) is 0 Å². The zero-order valence-electron chi connectivity index (χ0n) is 8.64. The molecule has 4 heteroatoms. The lowest BCUT2D eigenvalue weighted by atomic mass is 10.0. The number of nitrogens with two attached hydrogens (primary N) is 1. The summed E-state index contributed by atoms with van der Waals surface area (Å²) in [5, 5.41) is 0. The van der Waals surface area contributed by atoms with E-state index in [1.54, 1.807) is 12.4 Å². The second-order valence-corrected chi connectivity index (χ2v) is 3.92. The molecule has 2 N–H and O–H groups in total. The zero-order valence-corrected chi connectivity index (χ0v) is 8.64. The fourth-order valence-electron chi connectivity index (χ4n) is 1.87. The summed E-state index contributed by atoms with van der Waals surface area (Å²) < 4.78 is 0. The average molecular weight is 192 g/mol. The van der Waals surface area contributed by atoms with Crippen molar-refractivity contribution in [2.75, 3.05) is 13.1 Å². The molecule has 0 aromatic carbocycles. The number of hydrogen-bond acceptors (Lipinski definition) is 4. The van der Waals surface area contributed by atoms with Gasteiger partial charge in [-0.05, 0) is 13.8 Å². The largest absolute Gasteiger partial charge is 0.325 e. The molecule has 1 aromatic heterocycles. The predicted octanol–water partition coefficient (Wildman–Crippen LogP) is 0.489. The van der Waals surface area contributed by atoms with Crippen LogP contribution in [0.4, 0.5) is 0 Å². The second kappa shape index (κ2) is 3.63. The molecule has 76 valence electrons. The third kappa shape index (κ3) is 1.63. The van der Waals surface area contributed by atoms with Gasteiger partial charge in [0.15, 0.2) is 0 Å². The second-order valence-electron chi connectivity index (χ2n) is 3.92. The Hall–Kier alpha value is -1.00. The molecule has 0 radical (unpaired) electrons. The van der Waals surface area contributed by atoms with E-state index < -0.39 is 0 Å². The minimum atomic E-state index is 0.337. The lowest BCUT2D eigenvalue weighted by Gasteiger charge is -2.41. The molecule has 2 heterocycles. The van der Waals surface area contributed by atoms with Crippen LogP contribution in [0.2, 0.25) is 0 Å². The first-order valence-corrected chi connectivity index (χ1v) is 4.95. The van der Waals surface area contributed by atoms with Crippen LogP contribution in [-0.4, -0.2) is 34.0 Å². The first-order chi connectivity index (χ1) is 6.68. The van der Waals surface area contributed by atoms with Gasteiger partial charge in [-0.3, -0.25) is 14.9 Å².